The average Bonchev–Trinajstić information content (AvgIpc) is 2.76. The fourth-order valence-electron chi connectivity index (χ4n) is 3.35. The highest BCUT2D eigenvalue weighted by Crippen LogP contribution is 2.32. The molecule has 0 bridgehead atoms. The minimum Gasteiger partial charge on any atom is -0.496 e. The Kier molecular flexibility index (Phi) is 6.56. The van der Waals surface area contributed by atoms with E-state index in [2.05, 4.69) is 14.9 Å². The van der Waals surface area contributed by atoms with Crippen LogP contribution in [-0.2, 0) is 19.9 Å². The Hall–Kier alpha value is -2.98. The molecule has 0 radical (unpaired) electrons. The maximum absolute atomic E-state index is 13.1. The van der Waals surface area contributed by atoms with Crippen LogP contribution < -0.4 is 9.46 Å². The number of sulfonamides is 1. The van der Waals surface area contributed by atoms with Crippen LogP contribution in [0.15, 0.2) is 52.4 Å². The zero-order valence-electron chi connectivity index (χ0n) is 18.5. The van der Waals surface area contributed by atoms with Crippen molar-refractivity contribution >= 4 is 25.5 Å². The lowest BCUT2D eigenvalue weighted by molar-refractivity contribution is 0.407. The summed E-state index contributed by atoms with van der Waals surface area (Å²) in [6, 6.07) is 11.2. The van der Waals surface area contributed by atoms with Crippen LogP contribution in [0.5, 0.6) is 5.75 Å². The zero-order chi connectivity index (χ0) is 23.7. The number of hydrogen-bond donors (Lipinski definition) is 1. The second-order valence-electron chi connectivity index (χ2n) is 7.32. The number of methoxy groups -OCH3 is 1. The van der Waals surface area contributed by atoms with E-state index >= 15 is 0 Å². The molecular weight excluding hydrogens is 450 g/mol. The molecule has 1 heterocycles. The molecule has 0 aliphatic heterocycles. The van der Waals surface area contributed by atoms with Gasteiger partial charge in [-0.1, -0.05) is 19.1 Å². The first-order valence-electron chi connectivity index (χ1n) is 9.84. The lowest BCUT2D eigenvalue weighted by Crippen LogP contribution is -2.15. The van der Waals surface area contributed by atoms with Crippen molar-refractivity contribution in [3.63, 3.8) is 0 Å². The molecule has 0 fully saturated rings. The van der Waals surface area contributed by atoms with Crippen molar-refractivity contribution in [3.8, 4) is 17.0 Å². The van der Waals surface area contributed by atoms with Gasteiger partial charge in [0, 0.05) is 11.3 Å². The summed E-state index contributed by atoms with van der Waals surface area (Å²) in [5, 5.41) is 7.71. The van der Waals surface area contributed by atoms with Gasteiger partial charge in [0.05, 0.1) is 23.5 Å². The van der Waals surface area contributed by atoms with Gasteiger partial charge in [0.25, 0.3) is 10.0 Å². The molecule has 1 N–H and O–H groups in total. The Morgan fingerprint density at radius 3 is 2.25 bits per heavy atom. The number of nitrogens with one attached hydrogen (secondary N) is 1. The van der Waals surface area contributed by atoms with Gasteiger partial charge in [0.1, 0.15) is 5.75 Å². The van der Waals surface area contributed by atoms with Gasteiger partial charge in [-0.05, 0) is 67.8 Å². The molecule has 0 aliphatic carbocycles. The quantitative estimate of drug-likeness (QED) is 0.554. The highest BCUT2D eigenvalue weighted by Gasteiger charge is 2.22. The third-order valence-electron chi connectivity index (χ3n) is 5.22. The minimum absolute atomic E-state index is 0.0674. The van der Waals surface area contributed by atoms with Crippen molar-refractivity contribution in [2.45, 2.75) is 37.6 Å². The minimum atomic E-state index is -3.86. The van der Waals surface area contributed by atoms with Crippen molar-refractivity contribution in [2.75, 3.05) is 17.6 Å². The maximum Gasteiger partial charge on any atom is 0.262 e. The molecular formula is C22H25N3O5S2. The first-order chi connectivity index (χ1) is 15.0. The van der Waals surface area contributed by atoms with Crippen LogP contribution >= 0.6 is 0 Å². The second kappa shape index (κ2) is 8.87. The van der Waals surface area contributed by atoms with Gasteiger partial charge in [-0.2, -0.15) is 0 Å². The number of aromatic nitrogens is 2. The van der Waals surface area contributed by atoms with E-state index in [-0.39, 0.29) is 15.7 Å². The Morgan fingerprint density at radius 1 is 0.938 bits per heavy atom. The Balaban J connectivity index is 1.94. The number of anilines is 1. The van der Waals surface area contributed by atoms with Crippen LogP contribution in [0.3, 0.4) is 0 Å². The molecule has 32 heavy (non-hydrogen) atoms. The van der Waals surface area contributed by atoms with E-state index in [1.165, 1.54) is 13.0 Å². The number of ether oxygens (including phenoxy) is 1. The summed E-state index contributed by atoms with van der Waals surface area (Å²) in [4.78, 5) is 0.174. The number of sulfone groups is 1. The lowest BCUT2D eigenvalue weighted by Gasteiger charge is -2.17. The molecule has 0 spiro atoms. The summed E-state index contributed by atoms with van der Waals surface area (Å²) < 4.78 is 58.1. The van der Waals surface area contributed by atoms with Crippen LogP contribution in [0.2, 0.25) is 0 Å². The van der Waals surface area contributed by atoms with E-state index in [9.17, 15) is 16.8 Å². The van der Waals surface area contributed by atoms with Gasteiger partial charge < -0.3 is 4.74 Å². The normalized spacial score (nSPS) is 11.9. The lowest BCUT2D eigenvalue weighted by atomic mass is 10.1. The summed E-state index contributed by atoms with van der Waals surface area (Å²) in [6.45, 7) is 6.89. The molecule has 3 aromatic rings. The number of aryl methyl sites for hydroxylation is 1. The van der Waals surface area contributed by atoms with Gasteiger partial charge in [0.15, 0.2) is 14.9 Å². The molecule has 0 saturated carbocycles. The molecule has 170 valence electrons. The van der Waals surface area contributed by atoms with Crippen molar-refractivity contribution in [1.29, 1.82) is 0 Å². The zero-order valence-corrected chi connectivity index (χ0v) is 20.1. The van der Waals surface area contributed by atoms with E-state index in [1.807, 2.05) is 6.92 Å². The van der Waals surface area contributed by atoms with E-state index in [4.69, 9.17) is 4.74 Å². The standard InChI is InChI=1S/C22H25N3O5S2/c1-6-31(26,27)21-11-10-19(23-24-21)17-8-7-9-18(13-17)25-32(28,29)20-12-14(2)22(30-5)16(4)15(20)3/h7-13,25H,6H2,1-5H3. The third-order valence-corrected chi connectivity index (χ3v) is 8.34. The number of hydrogen-bond acceptors (Lipinski definition) is 7. The monoisotopic (exact) mass is 475 g/mol. The average molecular weight is 476 g/mol. The molecule has 8 nitrogen and oxygen atoms in total. The van der Waals surface area contributed by atoms with Crippen LogP contribution in [0.25, 0.3) is 11.3 Å². The molecule has 1 aromatic heterocycles. The summed E-state index contributed by atoms with van der Waals surface area (Å²) in [7, 11) is -5.76. The van der Waals surface area contributed by atoms with Crippen LogP contribution in [-0.4, -0.2) is 39.9 Å². The van der Waals surface area contributed by atoms with Gasteiger partial charge in [-0.3, -0.25) is 4.72 Å². The Labute approximate surface area is 188 Å². The molecule has 0 aliphatic rings. The van der Waals surface area contributed by atoms with E-state index < -0.39 is 19.9 Å². The largest absolute Gasteiger partial charge is 0.496 e. The van der Waals surface area contributed by atoms with Crippen molar-refractivity contribution < 1.29 is 21.6 Å². The molecule has 3 rings (SSSR count). The highest BCUT2D eigenvalue weighted by atomic mass is 32.2. The molecule has 0 amide bonds. The van der Waals surface area contributed by atoms with Crippen LogP contribution in [0.1, 0.15) is 23.6 Å². The SMILES string of the molecule is CCS(=O)(=O)c1ccc(-c2cccc(NS(=O)(=O)c3cc(C)c(OC)c(C)c3C)c2)nn1. The number of rotatable bonds is 7. The first-order valence-corrected chi connectivity index (χ1v) is 13.0. The summed E-state index contributed by atoms with van der Waals surface area (Å²) in [6.07, 6.45) is 0. The fraction of sp³-hybridized carbons (Fsp3) is 0.273. The van der Waals surface area contributed by atoms with E-state index in [0.717, 1.165) is 11.1 Å². The van der Waals surface area contributed by atoms with Gasteiger partial charge >= 0.3 is 0 Å². The highest BCUT2D eigenvalue weighted by molar-refractivity contribution is 7.92. The van der Waals surface area contributed by atoms with E-state index in [0.29, 0.717) is 28.3 Å². The topological polar surface area (TPSA) is 115 Å². The van der Waals surface area contributed by atoms with E-state index in [1.54, 1.807) is 57.4 Å². The summed E-state index contributed by atoms with van der Waals surface area (Å²) >= 11 is 0. The molecule has 2 aromatic carbocycles. The maximum atomic E-state index is 13.1. The third kappa shape index (κ3) is 4.61. The van der Waals surface area contributed by atoms with Crippen LogP contribution in [0.4, 0.5) is 5.69 Å². The summed E-state index contributed by atoms with van der Waals surface area (Å²) in [5.74, 6) is 0.595. The predicted molar refractivity (Wildman–Crippen MR) is 123 cm³/mol. The van der Waals surface area contributed by atoms with Gasteiger partial charge in [0.2, 0.25) is 0 Å². The molecule has 0 unspecified atom stereocenters. The Bertz CT molecular complexity index is 1370. The predicted octanol–water partition coefficient (Wildman–Crippen LogP) is 3.67. The number of nitrogens with zero attached hydrogens (tertiary/aromatic N) is 2. The van der Waals surface area contributed by atoms with Gasteiger partial charge in [-0.25, -0.2) is 16.8 Å². The molecule has 0 saturated heterocycles. The van der Waals surface area contributed by atoms with Crippen molar-refractivity contribution in [3.05, 3.63) is 59.2 Å². The number of benzene rings is 2. The van der Waals surface area contributed by atoms with Crippen molar-refractivity contribution in [2.24, 2.45) is 0 Å². The van der Waals surface area contributed by atoms with Crippen molar-refractivity contribution in [1.82, 2.24) is 10.2 Å². The fourth-order valence-corrected chi connectivity index (χ4v) is 5.53. The first kappa shape index (κ1) is 23.7. The molecule has 0 atom stereocenters. The smallest absolute Gasteiger partial charge is 0.262 e. The second-order valence-corrected chi connectivity index (χ2v) is 11.2. The Morgan fingerprint density at radius 2 is 1.66 bits per heavy atom. The van der Waals surface area contributed by atoms with Gasteiger partial charge in [-0.15, -0.1) is 10.2 Å². The molecule has 10 heteroatoms. The summed E-state index contributed by atoms with van der Waals surface area (Å²) in [5.41, 5.74) is 3.46. The van der Waals surface area contributed by atoms with Crippen LogP contribution in [0, 0.1) is 20.8 Å².